The fourth-order valence-corrected chi connectivity index (χ4v) is 3.44. The highest BCUT2D eigenvalue weighted by Crippen LogP contribution is 2.15. The molecule has 0 N–H and O–H groups in total. The van der Waals surface area contributed by atoms with Crippen molar-refractivity contribution in [2.75, 3.05) is 33.7 Å². The molecule has 140 valence electrons. The predicted molar refractivity (Wildman–Crippen MR) is 101 cm³/mol. The zero-order valence-corrected chi connectivity index (χ0v) is 15.9. The second-order valence-electron chi connectivity index (χ2n) is 7.13. The van der Waals surface area contributed by atoms with Gasteiger partial charge in [0.2, 0.25) is 0 Å². The molecule has 1 aliphatic rings. The van der Waals surface area contributed by atoms with E-state index >= 15 is 0 Å². The van der Waals surface area contributed by atoms with Gasteiger partial charge in [-0.25, -0.2) is 0 Å². The lowest BCUT2D eigenvalue weighted by Gasteiger charge is -2.38. The molecule has 0 radical (unpaired) electrons. The Bertz CT molecular complexity index is 716. The van der Waals surface area contributed by atoms with Gasteiger partial charge < -0.3 is 9.42 Å². The van der Waals surface area contributed by atoms with Gasteiger partial charge in [0.05, 0.1) is 6.54 Å². The minimum atomic E-state index is -0.0303. The number of nitrogens with zero attached hydrogens (tertiary/aromatic N) is 4. The third-order valence-corrected chi connectivity index (χ3v) is 5.03. The Morgan fingerprint density at radius 3 is 2.77 bits per heavy atom. The molecule has 1 amide bonds. The summed E-state index contributed by atoms with van der Waals surface area (Å²) < 4.78 is 5.41. The van der Waals surface area contributed by atoms with Gasteiger partial charge in [-0.05, 0) is 26.1 Å². The normalized spacial score (nSPS) is 18.5. The third-order valence-electron chi connectivity index (χ3n) is 5.03. The van der Waals surface area contributed by atoms with E-state index in [9.17, 15) is 4.79 Å². The molecule has 0 bridgehead atoms. The van der Waals surface area contributed by atoms with E-state index in [1.165, 1.54) is 5.56 Å². The monoisotopic (exact) mass is 356 g/mol. The summed E-state index contributed by atoms with van der Waals surface area (Å²) in [6, 6.07) is 12.5. The number of amides is 1. The number of piperazine rings is 1. The fraction of sp³-hybridized carbons (Fsp3) is 0.500. The van der Waals surface area contributed by atoms with Gasteiger partial charge >= 0.3 is 0 Å². The van der Waals surface area contributed by atoms with Gasteiger partial charge in [0.1, 0.15) is 0 Å². The van der Waals surface area contributed by atoms with Gasteiger partial charge in [-0.3, -0.25) is 14.6 Å². The molecule has 1 aromatic heterocycles. The van der Waals surface area contributed by atoms with Crippen LogP contribution in [0.25, 0.3) is 0 Å². The topological polar surface area (TPSA) is 52.8 Å². The van der Waals surface area contributed by atoms with E-state index in [1.807, 2.05) is 30.1 Å². The van der Waals surface area contributed by atoms with E-state index in [4.69, 9.17) is 4.52 Å². The Morgan fingerprint density at radius 2 is 2.04 bits per heavy atom. The van der Waals surface area contributed by atoms with E-state index in [0.29, 0.717) is 24.0 Å². The van der Waals surface area contributed by atoms with Crippen molar-refractivity contribution in [3.8, 4) is 0 Å². The quantitative estimate of drug-likeness (QED) is 0.796. The molecular weight excluding hydrogens is 328 g/mol. The van der Waals surface area contributed by atoms with Crippen LogP contribution in [0.1, 0.15) is 35.2 Å². The van der Waals surface area contributed by atoms with Crippen LogP contribution in [0.15, 0.2) is 40.9 Å². The van der Waals surface area contributed by atoms with Crippen LogP contribution >= 0.6 is 0 Å². The molecule has 2 heterocycles. The Morgan fingerprint density at radius 1 is 1.27 bits per heavy atom. The SMILES string of the molecule is CCC1CN(C(=O)c2cc(CN(C)Cc3ccccc3)on2)CCN1C. The molecule has 1 saturated heterocycles. The van der Waals surface area contributed by atoms with Crippen molar-refractivity contribution in [1.29, 1.82) is 0 Å². The zero-order valence-electron chi connectivity index (χ0n) is 15.9. The average Bonchev–Trinajstić information content (AvgIpc) is 3.10. The van der Waals surface area contributed by atoms with Crippen molar-refractivity contribution in [3.63, 3.8) is 0 Å². The lowest BCUT2D eigenvalue weighted by molar-refractivity contribution is 0.0532. The van der Waals surface area contributed by atoms with E-state index in [-0.39, 0.29) is 5.91 Å². The molecule has 26 heavy (non-hydrogen) atoms. The van der Waals surface area contributed by atoms with Crippen LogP contribution < -0.4 is 0 Å². The highest BCUT2D eigenvalue weighted by Gasteiger charge is 2.28. The first kappa shape index (κ1) is 18.6. The molecule has 1 atom stereocenters. The summed E-state index contributed by atoms with van der Waals surface area (Å²) in [4.78, 5) is 19.1. The van der Waals surface area contributed by atoms with Crippen LogP contribution in [0.5, 0.6) is 0 Å². The molecule has 1 aliphatic heterocycles. The Hall–Kier alpha value is -2.18. The lowest BCUT2D eigenvalue weighted by atomic mass is 10.1. The van der Waals surface area contributed by atoms with Gasteiger partial charge in [-0.1, -0.05) is 42.4 Å². The lowest BCUT2D eigenvalue weighted by Crippen LogP contribution is -2.53. The zero-order chi connectivity index (χ0) is 18.5. The number of carbonyl (C=O) groups excluding carboxylic acids is 1. The molecule has 0 saturated carbocycles. The predicted octanol–water partition coefficient (Wildman–Crippen LogP) is 2.47. The number of aromatic nitrogens is 1. The largest absolute Gasteiger partial charge is 0.359 e. The number of likely N-dealkylation sites (N-methyl/N-ethyl adjacent to an activating group) is 1. The van der Waals surface area contributed by atoms with Crippen molar-refractivity contribution < 1.29 is 9.32 Å². The first-order valence-electron chi connectivity index (χ1n) is 9.24. The first-order chi connectivity index (χ1) is 12.6. The van der Waals surface area contributed by atoms with Crippen molar-refractivity contribution in [1.82, 2.24) is 19.9 Å². The first-order valence-corrected chi connectivity index (χ1v) is 9.24. The van der Waals surface area contributed by atoms with E-state index < -0.39 is 0 Å². The Balaban J connectivity index is 1.58. The van der Waals surface area contributed by atoms with Crippen LogP contribution in [-0.2, 0) is 13.1 Å². The van der Waals surface area contributed by atoms with Gasteiger partial charge in [0, 0.05) is 38.3 Å². The number of benzene rings is 1. The second kappa shape index (κ2) is 8.47. The maximum atomic E-state index is 12.7. The van der Waals surface area contributed by atoms with Crippen LogP contribution in [0.2, 0.25) is 0 Å². The van der Waals surface area contributed by atoms with Crippen molar-refractivity contribution in [3.05, 3.63) is 53.4 Å². The van der Waals surface area contributed by atoms with Crippen LogP contribution in [0.4, 0.5) is 0 Å². The van der Waals surface area contributed by atoms with Gasteiger partial charge in [-0.2, -0.15) is 0 Å². The molecule has 6 heteroatoms. The van der Waals surface area contributed by atoms with Gasteiger partial charge in [0.25, 0.3) is 5.91 Å². The van der Waals surface area contributed by atoms with E-state index in [2.05, 4.69) is 41.1 Å². The number of hydrogen-bond acceptors (Lipinski definition) is 5. The van der Waals surface area contributed by atoms with Crippen molar-refractivity contribution in [2.24, 2.45) is 0 Å². The molecule has 1 fully saturated rings. The summed E-state index contributed by atoms with van der Waals surface area (Å²) in [5, 5.41) is 4.01. The standard InChI is InChI=1S/C20H28N4O2/c1-4-17-14-24(11-10-23(17)3)20(25)19-12-18(26-21-19)15-22(2)13-16-8-6-5-7-9-16/h5-9,12,17H,4,10-11,13-15H2,1-3H3. The minimum Gasteiger partial charge on any atom is -0.359 e. The molecule has 0 aliphatic carbocycles. The number of rotatable bonds is 6. The molecule has 3 rings (SSSR count). The smallest absolute Gasteiger partial charge is 0.276 e. The maximum absolute atomic E-state index is 12.7. The third kappa shape index (κ3) is 4.51. The summed E-state index contributed by atoms with van der Waals surface area (Å²) in [5.74, 6) is 0.685. The summed E-state index contributed by atoms with van der Waals surface area (Å²) in [6.07, 6.45) is 1.04. The van der Waals surface area contributed by atoms with E-state index in [1.54, 1.807) is 6.07 Å². The number of hydrogen-bond donors (Lipinski definition) is 0. The fourth-order valence-electron chi connectivity index (χ4n) is 3.44. The molecule has 2 aromatic rings. The molecule has 6 nitrogen and oxygen atoms in total. The van der Waals surface area contributed by atoms with Crippen LogP contribution in [0, 0.1) is 0 Å². The highest BCUT2D eigenvalue weighted by molar-refractivity contribution is 5.92. The second-order valence-corrected chi connectivity index (χ2v) is 7.13. The van der Waals surface area contributed by atoms with Crippen LogP contribution in [-0.4, -0.2) is 65.5 Å². The number of carbonyl (C=O) groups is 1. The summed E-state index contributed by atoms with van der Waals surface area (Å²) in [6.45, 7) is 5.99. The molecular formula is C20H28N4O2. The Labute approximate surface area is 155 Å². The molecule has 1 aromatic carbocycles. The Kier molecular flexibility index (Phi) is 6.06. The molecule has 0 spiro atoms. The highest BCUT2D eigenvalue weighted by atomic mass is 16.5. The van der Waals surface area contributed by atoms with E-state index in [0.717, 1.165) is 32.6 Å². The van der Waals surface area contributed by atoms with Gasteiger partial charge in [-0.15, -0.1) is 0 Å². The maximum Gasteiger partial charge on any atom is 0.276 e. The summed E-state index contributed by atoms with van der Waals surface area (Å²) in [7, 11) is 4.15. The van der Waals surface area contributed by atoms with Crippen molar-refractivity contribution in [2.45, 2.75) is 32.5 Å². The van der Waals surface area contributed by atoms with Crippen molar-refractivity contribution >= 4 is 5.91 Å². The summed E-state index contributed by atoms with van der Waals surface area (Å²) in [5.41, 5.74) is 1.65. The average molecular weight is 356 g/mol. The van der Waals surface area contributed by atoms with Gasteiger partial charge in [0.15, 0.2) is 11.5 Å². The minimum absolute atomic E-state index is 0.0303. The molecule has 1 unspecified atom stereocenters. The van der Waals surface area contributed by atoms with Crippen LogP contribution in [0.3, 0.4) is 0 Å². The summed E-state index contributed by atoms with van der Waals surface area (Å²) >= 11 is 0.